The van der Waals surface area contributed by atoms with Crippen LogP contribution in [0, 0.1) is 6.92 Å². The van der Waals surface area contributed by atoms with Gasteiger partial charge in [-0.2, -0.15) is 4.89 Å². The highest BCUT2D eigenvalue weighted by Crippen LogP contribution is 2.24. The standard InChI is InChI=1S/C14H12NO4P/c1-9-6-10(14(15)16)8-12(7-9)19-11-2-4-13(5-3-11)20(17)18/h2-8H,1H3,(H2-,15,16,17,18)/p+1. The quantitative estimate of drug-likeness (QED) is 0.845. The molecule has 102 valence electrons. The summed E-state index contributed by atoms with van der Waals surface area (Å²) in [7, 11) is -2.35. The van der Waals surface area contributed by atoms with Crippen LogP contribution in [0.1, 0.15) is 15.9 Å². The summed E-state index contributed by atoms with van der Waals surface area (Å²) in [5.41, 5.74) is 6.47. The van der Waals surface area contributed by atoms with Gasteiger partial charge in [0.25, 0.3) is 0 Å². The monoisotopic (exact) mass is 290 g/mol. The van der Waals surface area contributed by atoms with Crippen LogP contribution in [0.4, 0.5) is 0 Å². The number of carbonyl (C=O) groups is 1. The summed E-state index contributed by atoms with van der Waals surface area (Å²) in [4.78, 5) is 20.1. The van der Waals surface area contributed by atoms with Crippen molar-refractivity contribution in [1.29, 1.82) is 0 Å². The van der Waals surface area contributed by atoms with Crippen molar-refractivity contribution in [2.75, 3.05) is 0 Å². The molecule has 0 saturated heterocycles. The summed E-state index contributed by atoms with van der Waals surface area (Å²) in [6.07, 6.45) is 0. The molecule has 0 aromatic heterocycles. The van der Waals surface area contributed by atoms with Crippen LogP contribution in [0.25, 0.3) is 0 Å². The maximum atomic E-state index is 11.2. The molecule has 6 heteroatoms. The molecule has 1 amide bonds. The van der Waals surface area contributed by atoms with E-state index in [0.717, 1.165) is 5.56 Å². The molecule has 3 N–H and O–H groups in total. The highest BCUT2D eigenvalue weighted by Gasteiger charge is 2.15. The van der Waals surface area contributed by atoms with Gasteiger partial charge in [0.15, 0.2) is 0 Å². The van der Waals surface area contributed by atoms with Gasteiger partial charge >= 0.3 is 8.03 Å². The van der Waals surface area contributed by atoms with Gasteiger partial charge in [-0.25, -0.2) is 0 Å². The number of ether oxygens (including phenoxy) is 1. The fourth-order valence-electron chi connectivity index (χ4n) is 1.73. The van der Waals surface area contributed by atoms with Crippen molar-refractivity contribution in [2.45, 2.75) is 6.92 Å². The van der Waals surface area contributed by atoms with Crippen molar-refractivity contribution in [3.05, 3.63) is 53.6 Å². The van der Waals surface area contributed by atoms with E-state index in [9.17, 15) is 9.36 Å². The second-order valence-corrected chi connectivity index (χ2v) is 5.33. The van der Waals surface area contributed by atoms with E-state index >= 15 is 0 Å². The molecule has 2 aromatic carbocycles. The molecule has 0 heterocycles. The average Bonchev–Trinajstić information content (AvgIpc) is 2.38. The van der Waals surface area contributed by atoms with Gasteiger partial charge in [-0.3, -0.25) is 4.79 Å². The molecule has 0 aliphatic heterocycles. The minimum Gasteiger partial charge on any atom is -0.457 e. The van der Waals surface area contributed by atoms with Crippen LogP contribution in [-0.4, -0.2) is 10.8 Å². The van der Waals surface area contributed by atoms with Gasteiger partial charge in [-0.15, -0.1) is 0 Å². The Bertz CT molecular complexity index is 667. The normalized spacial score (nSPS) is 11.0. The van der Waals surface area contributed by atoms with Gasteiger partial charge in [-0.1, -0.05) is 0 Å². The van der Waals surface area contributed by atoms with Crippen molar-refractivity contribution >= 4 is 19.2 Å². The molecule has 1 unspecified atom stereocenters. The molecule has 0 spiro atoms. The van der Waals surface area contributed by atoms with E-state index in [1.165, 1.54) is 12.1 Å². The number of amides is 1. The van der Waals surface area contributed by atoms with Crippen LogP contribution < -0.4 is 15.8 Å². The summed E-state index contributed by atoms with van der Waals surface area (Å²) in [6.45, 7) is 1.83. The van der Waals surface area contributed by atoms with E-state index in [2.05, 4.69) is 0 Å². The molecule has 1 atom stereocenters. The lowest BCUT2D eigenvalue weighted by atomic mass is 10.1. The molecule has 0 saturated carbocycles. The Morgan fingerprint density at radius 1 is 1.15 bits per heavy atom. The third-order valence-electron chi connectivity index (χ3n) is 2.63. The zero-order chi connectivity index (χ0) is 14.7. The third-order valence-corrected chi connectivity index (χ3v) is 3.37. The van der Waals surface area contributed by atoms with Crippen LogP contribution in [-0.2, 0) is 4.57 Å². The lowest BCUT2D eigenvalue weighted by Gasteiger charge is -2.07. The van der Waals surface area contributed by atoms with Gasteiger partial charge < -0.3 is 10.5 Å². The summed E-state index contributed by atoms with van der Waals surface area (Å²) < 4.78 is 16.5. The van der Waals surface area contributed by atoms with Gasteiger partial charge in [0.05, 0.1) is 0 Å². The minimum absolute atomic E-state index is 0.328. The van der Waals surface area contributed by atoms with Gasteiger partial charge in [0.1, 0.15) is 11.5 Å². The number of hydrogen-bond acceptors (Lipinski definition) is 3. The number of benzene rings is 2. The Hall–Kier alpha value is -2.23. The van der Waals surface area contributed by atoms with Crippen molar-refractivity contribution in [3.8, 4) is 11.5 Å². The maximum Gasteiger partial charge on any atom is 0.546 e. The second kappa shape index (κ2) is 5.82. The third kappa shape index (κ3) is 3.41. The Morgan fingerprint density at radius 3 is 2.35 bits per heavy atom. The number of hydrogen-bond donors (Lipinski definition) is 2. The highest BCUT2D eigenvalue weighted by atomic mass is 31.1. The van der Waals surface area contributed by atoms with Crippen LogP contribution in [0.3, 0.4) is 0 Å². The number of aryl methyl sites for hydroxylation is 1. The Morgan fingerprint density at radius 2 is 1.80 bits per heavy atom. The van der Waals surface area contributed by atoms with E-state index in [-0.39, 0.29) is 0 Å². The first-order chi connectivity index (χ1) is 9.45. The number of rotatable bonds is 4. The Labute approximate surface area is 116 Å². The molecule has 0 fully saturated rings. The molecule has 0 aliphatic carbocycles. The van der Waals surface area contributed by atoms with E-state index < -0.39 is 13.9 Å². The van der Waals surface area contributed by atoms with Crippen LogP contribution >= 0.6 is 8.03 Å². The van der Waals surface area contributed by atoms with Gasteiger partial charge in [-0.05, 0) is 59.5 Å². The molecule has 2 rings (SSSR count). The molecule has 5 nitrogen and oxygen atoms in total. The van der Waals surface area contributed by atoms with Crippen molar-refractivity contribution < 1.29 is 19.0 Å². The minimum atomic E-state index is -2.35. The van der Waals surface area contributed by atoms with E-state index in [4.69, 9.17) is 15.4 Å². The Kier molecular flexibility index (Phi) is 4.13. The summed E-state index contributed by atoms with van der Waals surface area (Å²) >= 11 is 0. The summed E-state index contributed by atoms with van der Waals surface area (Å²) in [5, 5.41) is 0.328. The zero-order valence-corrected chi connectivity index (χ0v) is 11.6. The predicted molar refractivity (Wildman–Crippen MR) is 75.7 cm³/mol. The second-order valence-electron chi connectivity index (χ2n) is 4.27. The SMILES string of the molecule is Cc1cc(Oc2ccc([P+](=O)O)cc2)cc(C(N)=O)c1. The first-order valence-corrected chi connectivity index (χ1v) is 7.02. The topological polar surface area (TPSA) is 89.6 Å². The van der Waals surface area contributed by atoms with Gasteiger partial charge in [0, 0.05) is 5.56 Å². The van der Waals surface area contributed by atoms with Crippen molar-refractivity contribution in [2.24, 2.45) is 5.73 Å². The first-order valence-electron chi connectivity index (χ1n) is 5.81. The highest BCUT2D eigenvalue weighted by molar-refractivity contribution is 7.47. The van der Waals surface area contributed by atoms with E-state index in [1.54, 1.807) is 30.3 Å². The molecular formula is C14H13NO4P+. The van der Waals surface area contributed by atoms with E-state index in [0.29, 0.717) is 22.4 Å². The van der Waals surface area contributed by atoms with E-state index in [1.807, 2.05) is 6.92 Å². The fourth-order valence-corrected chi connectivity index (χ4v) is 2.13. The lowest BCUT2D eigenvalue weighted by molar-refractivity contribution is 0.1000. The Balaban J connectivity index is 2.25. The van der Waals surface area contributed by atoms with Crippen LogP contribution in [0.15, 0.2) is 42.5 Å². The summed E-state index contributed by atoms with van der Waals surface area (Å²) in [6, 6.07) is 11.2. The molecule has 0 aliphatic rings. The average molecular weight is 290 g/mol. The smallest absolute Gasteiger partial charge is 0.457 e. The molecule has 0 bridgehead atoms. The predicted octanol–water partition coefficient (Wildman–Crippen LogP) is 2.25. The number of primary amides is 1. The van der Waals surface area contributed by atoms with Crippen LogP contribution in [0.5, 0.6) is 11.5 Å². The number of carbonyl (C=O) groups excluding carboxylic acids is 1. The maximum absolute atomic E-state index is 11.2. The number of nitrogens with two attached hydrogens (primary N) is 1. The fraction of sp³-hybridized carbons (Fsp3) is 0.0714. The molecule has 20 heavy (non-hydrogen) atoms. The zero-order valence-electron chi connectivity index (χ0n) is 10.7. The molecular weight excluding hydrogens is 277 g/mol. The lowest BCUT2D eigenvalue weighted by Crippen LogP contribution is -2.11. The van der Waals surface area contributed by atoms with Crippen molar-refractivity contribution in [1.82, 2.24) is 0 Å². The molecule has 0 radical (unpaired) electrons. The molecule has 2 aromatic rings. The van der Waals surface area contributed by atoms with Crippen LogP contribution in [0.2, 0.25) is 0 Å². The van der Waals surface area contributed by atoms with Gasteiger partial charge in [0.2, 0.25) is 11.2 Å². The first kappa shape index (κ1) is 14.2. The largest absolute Gasteiger partial charge is 0.546 e. The summed E-state index contributed by atoms with van der Waals surface area (Å²) in [5.74, 6) is 0.470. The van der Waals surface area contributed by atoms with Crippen molar-refractivity contribution in [3.63, 3.8) is 0 Å².